The van der Waals surface area contributed by atoms with Gasteiger partial charge in [0.2, 0.25) is 5.91 Å². The lowest BCUT2D eigenvalue weighted by molar-refractivity contribution is -0.119. The van der Waals surface area contributed by atoms with Gasteiger partial charge in [-0.2, -0.15) is 0 Å². The van der Waals surface area contributed by atoms with Gasteiger partial charge in [0, 0.05) is 18.4 Å². The van der Waals surface area contributed by atoms with E-state index in [1.807, 2.05) is 0 Å². The van der Waals surface area contributed by atoms with E-state index in [1.165, 1.54) is 11.1 Å². The SMILES string of the molecule is CC1(Cc2cccc3c2OC(C)(C)C3)CCC(=O)N1. The maximum absolute atomic E-state index is 11.4. The molecule has 2 aliphatic rings. The van der Waals surface area contributed by atoms with E-state index < -0.39 is 0 Å². The topological polar surface area (TPSA) is 38.3 Å². The summed E-state index contributed by atoms with van der Waals surface area (Å²) in [5, 5.41) is 3.10. The third-order valence-corrected chi connectivity index (χ3v) is 4.10. The quantitative estimate of drug-likeness (QED) is 0.886. The van der Waals surface area contributed by atoms with Crippen molar-refractivity contribution in [1.82, 2.24) is 5.32 Å². The summed E-state index contributed by atoms with van der Waals surface area (Å²) in [4.78, 5) is 11.4. The van der Waals surface area contributed by atoms with Crippen molar-refractivity contribution in [3.63, 3.8) is 0 Å². The van der Waals surface area contributed by atoms with Crippen molar-refractivity contribution in [2.75, 3.05) is 0 Å². The van der Waals surface area contributed by atoms with Crippen molar-refractivity contribution >= 4 is 5.91 Å². The fourth-order valence-corrected chi connectivity index (χ4v) is 3.22. The molecule has 0 aliphatic carbocycles. The Bertz CT molecular complexity index is 536. The molecule has 1 saturated heterocycles. The predicted octanol–water partition coefficient (Wildman–Crippen LogP) is 2.61. The van der Waals surface area contributed by atoms with E-state index in [-0.39, 0.29) is 17.0 Å². The van der Waals surface area contributed by atoms with Crippen LogP contribution in [-0.2, 0) is 17.6 Å². The van der Waals surface area contributed by atoms with Crippen LogP contribution in [0.25, 0.3) is 0 Å². The summed E-state index contributed by atoms with van der Waals surface area (Å²) in [6.45, 7) is 6.36. The van der Waals surface area contributed by atoms with Gasteiger partial charge in [-0.3, -0.25) is 4.79 Å². The molecular formula is C16H21NO2. The van der Waals surface area contributed by atoms with E-state index in [9.17, 15) is 4.79 Å². The highest BCUT2D eigenvalue weighted by atomic mass is 16.5. The first-order chi connectivity index (χ1) is 8.87. The van der Waals surface area contributed by atoms with E-state index in [1.54, 1.807) is 0 Å². The number of carbonyl (C=O) groups excluding carboxylic acids is 1. The van der Waals surface area contributed by atoms with Crippen molar-refractivity contribution in [1.29, 1.82) is 0 Å². The first-order valence-corrected chi connectivity index (χ1v) is 6.98. The molecule has 3 heteroatoms. The number of rotatable bonds is 2. The molecule has 0 radical (unpaired) electrons. The minimum atomic E-state index is -0.123. The first kappa shape index (κ1) is 12.5. The van der Waals surface area contributed by atoms with E-state index >= 15 is 0 Å². The van der Waals surface area contributed by atoms with Crippen LogP contribution in [0.2, 0.25) is 0 Å². The van der Waals surface area contributed by atoms with Gasteiger partial charge in [0.05, 0.1) is 0 Å². The van der Waals surface area contributed by atoms with Crippen LogP contribution < -0.4 is 10.1 Å². The standard InChI is InChI=1S/C16H21NO2/c1-15(2)9-11-5-4-6-12(14(11)19-15)10-16(3)8-7-13(18)17-16/h4-6H,7-10H2,1-3H3,(H,17,18). The Kier molecular flexibility index (Phi) is 2.63. The van der Waals surface area contributed by atoms with Crippen LogP contribution in [0.1, 0.15) is 44.7 Å². The maximum Gasteiger partial charge on any atom is 0.220 e. The molecule has 1 amide bonds. The van der Waals surface area contributed by atoms with Gasteiger partial charge >= 0.3 is 0 Å². The Morgan fingerprint density at radius 2 is 2.11 bits per heavy atom. The second kappa shape index (κ2) is 3.99. The van der Waals surface area contributed by atoms with Gasteiger partial charge in [0.15, 0.2) is 0 Å². The number of fused-ring (bicyclic) bond motifs is 1. The summed E-state index contributed by atoms with van der Waals surface area (Å²) in [6.07, 6.45) is 3.34. The van der Waals surface area contributed by atoms with Crippen molar-refractivity contribution < 1.29 is 9.53 Å². The Morgan fingerprint density at radius 1 is 1.32 bits per heavy atom. The number of para-hydroxylation sites is 1. The van der Waals surface area contributed by atoms with E-state index in [4.69, 9.17) is 4.74 Å². The van der Waals surface area contributed by atoms with Crippen LogP contribution in [0.5, 0.6) is 5.75 Å². The molecule has 1 aromatic carbocycles. The average Bonchev–Trinajstić information content (AvgIpc) is 2.78. The fourth-order valence-electron chi connectivity index (χ4n) is 3.22. The number of ether oxygens (including phenoxy) is 1. The number of benzene rings is 1. The Hall–Kier alpha value is -1.51. The Balaban J connectivity index is 1.88. The van der Waals surface area contributed by atoms with Crippen LogP contribution >= 0.6 is 0 Å². The predicted molar refractivity (Wildman–Crippen MR) is 74.3 cm³/mol. The van der Waals surface area contributed by atoms with E-state index in [0.717, 1.165) is 25.0 Å². The third kappa shape index (κ3) is 2.34. The summed E-state index contributed by atoms with van der Waals surface area (Å²) in [5.74, 6) is 1.20. The molecule has 3 nitrogen and oxygen atoms in total. The van der Waals surface area contributed by atoms with Crippen LogP contribution in [0.15, 0.2) is 18.2 Å². The minimum absolute atomic E-state index is 0.113. The zero-order valence-electron chi connectivity index (χ0n) is 11.9. The maximum atomic E-state index is 11.4. The number of hydrogen-bond acceptors (Lipinski definition) is 2. The largest absolute Gasteiger partial charge is 0.487 e. The molecule has 0 spiro atoms. The molecule has 1 N–H and O–H groups in total. The van der Waals surface area contributed by atoms with Crippen LogP contribution in [0.3, 0.4) is 0 Å². The van der Waals surface area contributed by atoms with Crippen LogP contribution in [0, 0.1) is 0 Å². The highest BCUT2D eigenvalue weighted by molar-refractivity contribution is 5.79. The second-order valence-electron chi connectivity index (χ2n) is 6.73. The van der Waals surface area contributed by atoms with Gasteiger partial charge in [-0.1, -0.05) is 18.2 Å². The number of hydrogen-bond donors (Lipinski definition) is 1. The van der Waals surface area contributed by atoms with Crippen molar-refractivity contribution in [2.24, 2.45) is 0 Å². The van der Waals surface area contributed by atoms with Crippen LogP contribution in [-0.4, -0.2) is 17.0 Å². The van der Waals surface area contributed by atoms with Gasteiger partial charge in [-0.05, 0) is 44.7 Å². The summed E-state index contributed by atoms with van der Waals surface area (Å²) < 4.78 is 6.09. The van der Waals surface area contributed by atoms with Gasteiger partial charge in [-0.25, -0.2) is 0 Å². The summed E-state index contributed by atoms with van der Waals surface area (Å²) >= 11 is 0. The van der Waals surface area contributed by atoms with E-state index in [0.29, 0.717) is 6.42 Å². The molecule has 0 aromatic heterocycles. The zero-order chi connectivity index (χ0) is 13.7. The van der Waals surface area contributed by atoms with Gasteiger partial charge in [0.25, 0.3) is 0 Å². The fraction of sp³-hybridized carbons (Fsp3) is 0.562. The summed E-state index contributed by atoms with van der Waals surface area (Å²) in [5.41, 5.74) is 2.27. The van der Waals surface area contributed by atoms with Gasteiger partial charge < -0.3 is 10.1 Å². The van der Waals surface area contributed by atoms with Crippen molar-refractivity contribution in [3.05, 3.63) is 29.3 Å². The van der Waals surface area contributed by atoms with Gasteiger partial charge in [-0.15, -0.1) is 0 Å². The molecule has 1 fully saturated rings. The monoisotopic (exact) mass is 259 g/mol. The number of nitrogens with one attached hydrogen (secondary N) is 1. The molecule has 19 heavy (non-hydrogen) atoms. The smallest absolute Gasteiger partial charge is 0.220 e. The third-order valence-electron chi connectivity index (χ3n) is 4.10. The van der Waals surface area contributed by atoms with E-state index in [2.05, 4.69) is 44.3 Å². The molecular weight excluding hydrogens is 238 g/mol. The first-order valence-electron chi connectivity index (χ1n) is 6.98. The lowest BCUT2D eigenvalue weighted by atomic mass is 9.90. The normalized spacial score (nSPS) is 27.8. The number of carbonyl (C=O) groups is 1. The Morgan fingerprint density at radius 3 is 2.79 bits per heavy atom. The van der Waals surface area contributed by atoms with Crippen LogP contribution in [0.4, 0.5) is 0 Å². The molecule has 1 unspecified atom stereocenters. The zero-order valence-corrected chi connectivity index (χ0v) is 11.9. The second-order valence-corrected chi connectivity index (χ2v) is 6.73. The minimum Gasteiger partial charge on any atom is -0.487 e. The molecule has 1 atom stereocenters. The molecule has 2 aliphatic heterocycles. The van der Waals surface area contributed by atoms with Crippen molar-refractivity contribution in [3.8, 4) is 5.75 Å². The summed E-state index contributed by atoms with van der Waals surface area (Å²) in [7, 11) is 0. The molecule has 0 bridgehead atoms. The summed E-state index contributed by atoms with van der Waals surface area (Å²) in [6, 6.07) is 6.36. The highest BCUT2D eigenvalue weighted by Gasteiger charge is 2.36. The highest BCUT2D eigenvalue weighted by Crippen LogP contribution is 2.39. The number of amides is 1. The lowest BCUT2D eigenvalue weighted by Gasteiger charge is -2.25. The molecule has 1 aromatic rings. The lowest BCUT2D eigenvalue weighted by Crippen LogP contribution is -2.40. The molecule has 2 heterocycles. The molecule has 102 valence electrons. The van der Waals surface area contributed by atoms with Crippen molar-refractivity contribution in [2.45, 2.75) is 57.6 Å². The Labute approximate surface area is 114 Å². The average molecular weight is 259 g/mol. The van der Waals surface area contributed by atoms with Gasteiger partial charge in [0.1, 0.15) is 11.4 Å². The molecule has 3 rings (SSSR count). The molecule has 0 saturated carbocycles.